The molecule has 4 aromatic heterocycles. The summed E-state index contributed by atoms with van der Waals surface area (Å²) in [6, 6.07) is 3.41. The molecule has 0 saturated heterocycles. The highest BCUT2D eigenvalue weighted by atomic mass is 32.1. The zero-order chi connectivity index (χ0) is 24.7. The third-order valence-corrected chi connectivity index (χ3v) is 7.62. The van der Waals surface area contributed by atoms with Gasteiger partial charge in [-0.25, -0.2) is 19.9 Å². The van der Waals surface area contributed by atoms with Crippen LogP contribution in [0.25, 0.3) is 0 Å². The van der Waals surface area contributed by atoms with Crippen LogP contribution in [0, 0.1) is 0 Å². The third-order valence-electron chi connectivity index (χ3n) is 5.62. The van der Waals surface area contributed by atoms with Gasteiger partial charge in [0.2, 0.25) is 22.1 Å². The van der Waals surface area contributed by atoms with Crippen molar-refractivity contribution in [2.24, 2.45) is 0 Å². The number of amides is 2. The van der Waals surface area contributed by atoms with Gasteiger partial charge in [0.15, 0.2) is 0 Å². The molecule has 5 rings (SSSR count). The quantitative estimate of drug-likeness (QED) is 0.352. The highest BCUT2D eigenvalue weighted by Crippen LogP contribution is 2.43. The van der Waals surface area contributed by atoms with E-state index >= 15 is 0 Å². The number of nitrogens with zero attached hydrogens (tertiary/aromatic N) is 8. The topological polar surface area (TPSA) is 161 Å². The van der Waals surface area contributed by atoms with Gasteiger partial charge in [-0.05, 0) is 31.4 Å². The van der Waals surface area contributed by atoms with Crippen molar-refractivity contribution in [3.05, 3.63) is 58.6 Å². The van der Waals surface area contributed by atoms with Crippen molar-refractivity contribution in [3.8, 4) is 0 Å². The molecule has 14 heteroatoms. The first-order valence-corrected chi connectivity index (χ1v) is 13.0. The van der Waals surface area contributed by atoms with E-state index < -0.39 is 0 Å². The van der Waals surface area contributed by atoms with Crippen molar-refractivity contribution < 1.29 is 9.59 Å². The van der Waals surface area contributed by atoms with Crippen LogP contribution in [0.15, 0.2) is 36.9 Å². The molecule has 0 aromatic carbocycles. The molecule has 0 bridgehead atoms. The molecule has 2 amide bonds. The first-order valence-electron chi connectivity index (χ1n) is 11.4. The van der Waals surface area contributed by atoms with Crippen LogP contribution in [0.4, 0.5) is 10.3 Å². The normalized spacial score (nSPS) is 17.4. The predicted molar refractivity (Wildman–Crippen MR) is 132 cm³/mol. The Labute approximate surface area is 214 Å². The minimum absolute atomic E-state index is 0.0789. The van der Waals surface area contributed by atoms with Gasteiger partial charge in [-0.1, -0.05) is 29.1 Å². The zero-order valence-corrected chi connectivity index (χ0v) is 20.7. The molecule has 0 unspecified atom stereocenters. The zero-order valence-electron chi connectivity index (χ0n) is 19.1. The van der Waals surface area contributed by atoms with Gasteiger partial charge in [-0.3, -0.25) is 9.59 Å². The van der Waals surface area contributed by atoms with E-state index in [1.807, 2.05) is 0 Å². The van der Waals surface area contributed by atoms with Gasteiger partial charge >= 0.3 is 0 Å². The smallest absolute Gasteiger partial charge is 0.233 e. The molecule has 4 aromatic rings. The molecule has 0 spiro atoms. The summed E-state index contributed by atoms with van der Waals surface area (Å²) in [6.45, 7) is 0. The molecule has 184 valence electrons. The molecule has 4 heterocycles. The van der Waals surface area contributed by atoms with E-state index in [2.05, 4.69) is 51.0 Å². The van der Waals surface area contributed by atoms with Crippen LogP contribution < -0.4 is 10.6 Å². The summed E-state index contributed by atoms with van der Waals surface area (Å²) >= 11 is 2.79. The first-order chi connectivity index (χ1) is 17.6. The van der Waals surface area contributed by atoms with E-state index in [4.69, 9.17) is 0 Å². The minimum atomic E-state index is -0.229. The highest BCUT2D eigenvalue weighted by molar-refractivity contribution is 7.15. The lowest BCUT2D eigenvalue weighted by molar-refractivity contribution is -0.116. The lowest BCUT2D eigenvalue weighted by Crippen LogP contribution is -2.15. The largest absolute Gasteiger partial charge is 0.300 e. The van der Waals surface area contributed by atoms with Gasteiger partial charge in [0.1, 0.15) is 21.7 Å². The summed E-state index contributed by atoms with van der Waals surface area (Å²) < 4.78 is 0. The van der Waals surface area contributed by atoms with Crippen LogP contribution in [0.3, 0.4) is 0 Å². The Bertz CT molecular complexity index is 1210. The Morgan fingerprint density at radius 1 is 0.722 bits per heavy atom. The molecule has 1 aliphatic rings. The van der Waals surface area contributed by atoms with Crippen molar-refractivity contribution in [2.75, 3.05) is 10.6 Å². The Morgan fingerprint density at radius 3 is 1.61 bits per heavy atom. The highest BCUT2D eigenvalue weighted by Gasteiger charge is 2.29. The van der Waals surface area contributed by atoms with Crippen molar-refractivity contribution in [1.29, 1.82) is 0 Å². The SMILES string of the molecule is O=C(Cc1ncccn1)Nc1nnc([C@@H]2CCC[C@@H](c3nnc(NC(=O)Cc4ncccn4)s3)C2)s1. The molecule has 36 heavy (non-hydrogen) atoms. The lowest BCUT2D eigenvalue weighted by atomic mass is 9.82. The number of carbonyl (C=O) groups is 2. The van der Waals surface area contributed by atoms with E-state index in [1.54, 1.807) is 36.9 Å². The Morgan fingerprint density at radius 2 is 1.17 bits per heavy atom. The van der Waals surface area contributed by atoms with Crippen LogP contribution in [0.1, 0.15) is 59.2 Å². The summed E-state index contributed by atoms with van der Waals surface area (Å²) in [6.07, 6.45) is 10.5. The van der Waals surface area contributed by atoms with Gasteiger partial charge in [0.25, 0.3) is 0 Å². The number of rotatable bonds is 8. The van der Waals surface area contributed by atoms with Gasteiger partial charge < -0.3 is 10.6 Å². The molecule has 1 saturated carbocycles. The summed E-state index contributed by atoms with van der Waals surface area (Å²) in [4.78, 5) is 40.8. The summed E-state index contributed by atoms with van der Waals surface area (Å²) in [5.41, 5.74) is 0. The maximum absolute atomic E-state index is 12.3. The van der Waals surface area contributed by atoms with Crippen molar-refractivity contribution >= 4 is 44.8 Å². The van der Waals surface area contributed by atoms with E-state index in [0.29, 0.717) is 21.9 Å². The van der Waals surface area contributed by atoms with Crippen LogP contribution in [-0.4, -0.2) is 52.1 Å². The number of hydrogen-bond donors (Lipinski definition) is 2. The summed E-state index contributed by atoms with van der Waals surface area (Å²) in [5.74, 6) is 0.898. The Balaban J connectivity index is 1.15. The van der Waals surface area contributed by atoms with Gasteiger partial charge in [0.05, 0.1) is 12.8 Å². The van der Waals surface area contributed by atoms with Gasteiger partial charge in [-0.2, -0.15) is 0 Å². The number of hydrogen-bond acceptors (Lipinski definition) is 12. The molecular weight excluding hydrogens is 500 g/mol. The third kappa shape index (κ3) is 6.26. The van der Waals surface area contributed by atoms with E-state index in [1.165, 1.54) is 22.7 Å². The fourth-order valence-electron chi connectivity index (χ4n) is 4.00. The Kier molecular flexibility index (Phi) is 7.52. The van der Waals surface area contributed by atoms with Crippen LogP contribution >= 0.6 is 22.7 Å². The average molecular weight is 523 g/mol. The number of carbonyl (C=O) groups excluding carboxylic acids is 2. The standard InChI is InChI=1S/C22H22N10O2S2/c33-17(11-15-23-6-2-7-24-15)27-21-31-29-19(35-21)13-4-1-5-14(10-13)20-30-32-22(36-20)28-18(34)12-16-25-8-3-9-26-16/h2-3,6-9,13-14H,1,4-5,10-12H2,(H,27,31,33)(H,28,32,34)/t13-,14-/m1/s1. The molecular formula is C22H22N10O2S2. The minimum Gasteiger partial charge on any atom is -0.300 e. The lowest BCUT2D eigenvalue weighted by Gasteiger charge is -2.25. The maximum Gasteiger partial charge on any atom is 0.233 e. The van der Waals surface area contributed by atoms with Gasteiger partial charge in [0, 0.05) is 36.6 Å². The fraction of sp³-hybridized carbons (Fsp3) is 0.364. The van der Waals surface area contributed by atoms with Crippen LogP contribution in [0.2, 0.25) is 0 Å². The molecule has 0 radical (unpaired) electrons. The monoisotopic (exact) mass is 522 g/mol. The molecule has 0 aliphatic heterocycles. The van der Waals surface area contributed by atoms with Crippen molar-refractivity contribution in [2.45, 2.75) is 50.4 Å². The molecule has 1 aliphatic carbocycles. The second-order valence-corrected chi connectivity index (χ2v) is 10.2. The first kappa shape index (κ1) is 23.9. The number of aromatic nitrogens is 8. The number of nitrogens with one attached hydrogen (secondary N) is 2. The van der Waals surface area contributed by atoms with E-state index in [9.17, 15) is 9.59 Å². The summed E-state index contributed by atoms with van der Waals surface area (Å²) in [7, 11) is 0. The van der Waals surface area contributed by atoms with Crippen molar-refractivity contribution in [3.63, 3.8) is 0 Å². The van der Waals surface area contributed by atoms with E-state index in [-0.39, 0.29) is 36.5 Å². The van der Waals surface area contributed by atoms with E-state index in [0.717, 1.165) is 35.7 Å². The predicted octanol–water partition coefficient (Wildman–Crippen LogP) is 2.77. The number of anilines is 2. The van der Waals surface area contributed by atoms with Crippen LogP contribution in [0.5, 0.6) is 0 Å². The second kappa shape index (κ2) is 11.3. The Hall–Kier alpha value is -3.78. The maximum atomic E-state index is 12.3. The summed E-state index contributed by atoms with van der Waals surface area (Å²) in [5, 5.41) is 25.3. The molecule has 2 N–H and O–H groups in total. The second-order valence-electron chi connectivity index (χ2n) is 8.23. The average Bonchev–Trinajstić information content (AvgIpc) is 3.55. The van der Waals surface area contributed by atoms with Crippen LogP contribution in [-0.2, 0) is 22.4 Å². The van der Waals surface area contributed by atoms with Gasteiger partial charge in [-0.15, -0.1) is 20.4 Å². The molecule has 2 atom stereocenters. The molecule has 12 nitrogen and oxygen atoms in total. The van der Waals surface area contributed by atoms with Crippen molar-refractivity contribution in [1.82, 2.24) is 40.3 Å². The molecule has 1 fully saturated rings. The fourth-order valence-corrected chi connectivity index (χ4v) is 5.81.